The van der Waals surface area contributed by atoms with Gasteiger partial charge in [-0.1, -0.05) is 71.1 Å². The van der Waals surface area contributed by atoms with Crippen LogP contribution in [0, 0.1) is 0 Å². The Kier molecular flexibility index (Phi) is 25.0. The van der Waals surface area contributed by atoms with Crippen LogP contribution in [0.1, 0.15) is 104 Å². The molecule has 0 saturated heterocycles. The van der Waals surface area contributed by atoms with Crippen LogP contribution in [0.25, 0.3) is 0 Å². The number of carbonyl (C=O) groups excluding carboxylic acids is 4. The van der Waals surface area contributed by atoms with Crippen molar-refractivity contribution in [2.24, 2.45) is 0 Å². The number of phosphoric ester groups is 1. The van der Waals surface area contributed by atoms with Crippen molar-refractivity contribution >= 4 is 31.7 Å². The highest BCUT2D eigenvalue weighted by atomic mass is 31.2. The topological polar surface area (TPSA) is 201 Å². The smallest absolute Gasteiger partial charge is 0.462 e. The van der Waals surface area contributed by atoms with E-state index < -0.39 is 83.5 Å². The number of ether oxygens (including phenoxy) is 4. The molecule has 0 amide bonds. The van der Waals surface area contributed by atoms with Crippen LogP contribution in [0.4, 0.5) is 0 Å². The molecular formula is C28H51O14P. The molecule has 0 aliphatic carbocycles. The summed E-state index contributed by atoms with van der Waals surface area (Å²) >= 11 is 0. The SMILES string of the molecule is CCCCCCCCCCCCCC(=O)OC[C@H](COP(=O)(O)OCC(COC(=O)CCO)OC(=O)CCO)OC(C)=O. The number of hydrogen-bond acceptors (Lipinski definition) is 13. The van der Waals surface area contributed by atoms with Crippen LogP contribution in [-0.2, 0) is 51.7 Å². The highest BCUT2D eigenvalue weighted by molar-refractivity contribution is 7.47. The molecule has 0 saturated carbocycles. The first-order chi connectivity index (χ1) is 20.5. The Hall–Kier alpha value is -2.09. The van der Waals surface area contributed by atoms with Gasteiger partial charge >= 0.3 is 31.7 Å². The van der Waals surface area contributed by atoms with E-state index in [0.29, 0.717) is 6.42 Å². The lowest BCUT2D eigenvalue weighted by atomic mass is 10.1. The van der Waals surface area contributed by atoms with Crippen molar-refractivity contribution in [1.29, 1.82) is 0 Å². The molecular weight excluding hydrogens is 591 g/mol. The van der Waals surface area contributed by atoms with Crippen molar-refractivity contribution in [3.63, 3.8) is 0 Å². The Morgan fingerprint density at radius 1 is 0.605 bits per heavy atom. The minimum Gasteiger partial charge on any atom is -0.462 e. The lowest BCUT2D eigenvalue weighted by Gasteiger charge is -2.21. The first-order valence-corrected chi connectivity index (χ1v) is 16.5. The van der Waals surface area contributed by atoms with E-state index in [9.17, 15) is 28.6 Å². The summed E-state index contributed by atoms with van der Waals surface area (Å²) in [5.74, 6) is -2.92. The molecule has 0 aromatic rings. The largest absolute Gasteiger partial charge is 0.472 e. The standard InChI is InChI=1S/C28H51O14P/c1-3-4-5-6-7-8-9-10-11-12-13-14-26(32)37-19-24(41-23(2)31)21-39-43(35,36)40-22-25(42-28(34)16-18-30)20-38-27(33)15-17-29/h24-25,29-30H,3-22H2,1-2H3,(H,35,36)/t24-,25?/m1/s1. The summed E-state index contributed by atoms with van der Waals surface area (Å²) in [6, 6.07) is 0. The maximum Gasteiger partial charge on any atom is 0.472 e. The van der Waals surface area contributed by atoms with Gasteiger partial charge < -0.3 is 34.1 Å². The molecule has 0 bridgehead atoms. The van der Waals surface area contributed by atoms with E-state index in [1.165, 1.54) is 44.9 Å². The Morgan fingerprint density at radius 2 is 1.02 bits per heavy atom. The summed E-state index contributed by atoms with van der Waals surface area (Å²) in [5, 5.41) is 17.6. The Bertz CT molecular complexity index is 821. The molecule has 0 aromatic heterocycles. The number of hydrogen-bond donors (Lipinski definition) is 3. The molecule has 43 heavy (non-hydrogen) atoms. The number of carbonyl (C=O) groups is 4. The van der Waals surface area contributed by atoms with Crippen molar-refractivity contribution in [2.45, 2.75) is 116 Å². The molecule has 252 valence electrons. The molecule has 3 N–H and O–H groups in total. The zero-order valence-electron chi connectivity index (χ0n) is 25.6. The average molecular weight is 643 g/mol. The van der Waals surface area contributed by atoms with Crippen LogP contribution in [0.2, 0.25) is 0 Å². The molecule has 0 radical (unpaired) electrons. The van der Waals surface area contributed by atoms with Gasteiger partial charge in [-0.25, -0.2) is 4.57 Å². The molecule has 0 heterocycles. The van der Waals surface area contributed by atoms with E-state index in [1.54, 1.807) is 0 Å². The van der Waals surface area contributed by atoms with Crippen LogP contribution >= 0.6 is 7.82 Å². The van der Waals surface area contributed by atoms with E-state index in [0.717, 1.165) is 26.2 Å². The second-order valence-corrected chi connectivity index (χ2v) is 11.5. The van der Waals surface area contributed by atoms with Gasteiger partial charge in [-0.3, -0.25) is 28.2 Å². The maximum absolute atomic E-state index is 12.4. The summed E-state index contributed by atoms with van der Waals surface area (Å²) in [5.41, 5.74) is 0. The van der Waals surface area contributed by atoms with Crippen LogP contribution in [-0.4, -0.2) is 90.8 Å². The third-order valence-corrected chi connectivity index (χ3v) is 6.91. The highest BCUT2D eigenvalue weighted by Crippen LogP contribution is 2.43. The number of phosphoric acid groups is 1. The van der Waals surface area contributed by atoms with Crippen LogP contribution in [0.3, 0.4) is 0 Å². The monoisotopic (exact) mass is 642 g/mol. The number of unbranched alkanes of at least 4 members (excludes halogenated alkanes) is 10. The third kappa shape index (κ3) is 26.1. The fraction of sp³-hybridized carbons (Fsp3) is 0.857. The van der Waals surface area contributed by atoms with Crippen molar-refractivity contribution in [2.75, 3.05) is 39.6 Å². The normalized spacial score (nSPS) is 13.9. The fourth-order valence-electron chi connectivity index (χ4n) is 3.74. The van der Waals surface area contributed by atoms with Crippen LogP contribution < -0.4 is 0 Å². The zero-order valence-corrected chi connectivity index (χ0v) is 26.5. The van der Waals surface area contributed by atoms with Gasteiger partial charge in [0.15, 0.2) is 12.2 Å². The second kappa shape index (κ2) is 26.3. The Balaban J connectivity index is 4.52. The van der Waals surface area contributed by atoms with E-state index in [2.05, 4.69) is 6.92 Å². The predicted molar refractivity (Wildman–Crippen MR) is 154 cm³/mol. The molecule has 0 fully saturated rings. The van der Waals surface area contributed by atoms with Gasteiger partial charge in [0, 0.05) is 13.3 Å². The minimum absolute atomic E-state index is 0.186. The van der Waals surface area contributed by atoms with Crippen LogP contribution in [0.15, 0.2) is 0 Å². The van der Waals surface area contributed by atoms with Gasteiger partial charge in [-0.05, 0) is 6.42 Å². The zero-order chi connectivity index (χ0) is 32.3. The molecule has 0 spiro atoms. The summed E-state index contributed by atoms with van der Waals surface area (Å²) in [6.45, 7) is -0.0183. The molecule has 15 heteroatoms. The first kappa shape index (κ1) is 40.9. The minimum atomic E-state index is -4.80. The van der Waals surface area contributed by atoms with Gasteiger partial charge in [0.05, 0.1) is 39.3 Å². The van der Waals surface area contributed by atoms with Crippen molar-refractivity contribution in [3.8, 4) is 0 Å². The Morgan fingerprint density at radius 3 is 1.49 bits per heavy atom. The number of aliphatic hydroxyl groups is 2. The van der Waals surface area contributed by atoms with Gasteiger partial charge in [0.25, 0.3) is 0 Å². The fourth-order valence-corrected chi connectivity index (χ4v) is 4.52. The van der Waals surface area contributed by atoms with Gasteiger partial charge in [0.1, 0.15) is 13.2 Å². The van der Waals surface area contributed by atoms with E-state index in [4.69, 9.17) is 38.2 Å². The predicted octanol–water partition coefficient (Wildman–Crippen LogP) is 3.52. The number of aliphatic hydroxyl groups excluding tert-OH is 2. The average Bonchev–Trinajstić information content (AvgIpc) is 2.94. The lowest BCUT2D eigenvalue weighted by Crippen LogP contribution is -2.31. The summed E-state index contributed by atoms with van der Waals surface area (Å²) in [6.07, 6.45) is 9.48. The molecule has 3 atom stereocenters. The molecule has 0 aromatic carbocycles. The summed E-state index contributed by atoms with van der Waals surface area (Å²) < 4.78 is 42.0. The van der Waals surface area contributed by atoms with Gasteiger partial charge in [-0.15, -0.1) is 0 Å². The van der Waals surface area contributed by atoms with Gasteiger partial charge in [0.2, 0.25) is 0 Å². The molecule has 14 nitrogen and oxygen atoms in total. The van der Waals surface area contributed by atoms with E-state index >= 15 is 0 Å². The molecule has 0 rings (SSSR count). The summed E-state index contributed by atoms with van der Waals surface area (Å²) in [4.78, 5) is 56.8. The quantitative estimate of drug-likeness (QED) is 0.0484. The molecule has 0 aliphatic rings. The summed E-state index contributed by atoms with van der Waals surface area (Å²) in [7, 11) is -4.80. The lowest BCUT2D eigenvalue weighted by molar-refractivity contribution is -0.162. The Labute approximate surface area is 254 Å². The van der Waals surface area contributed by atoms with Crippen LogP contribution in [0.5, 0.6) is 0 Å². The van der Waals surface area contributed by atoms with Crippen molar-refractivity contribution in [1.82, 2.24) is 0 Å². The molecule has 0 aliphatic heterocycles. The highest BCUT2D eigenvalue weighted by Gasteiger charge is 2.28. The van der Waals surface area contributed by atoms with Gasteiger partial charge in [-0.2, -0.15) is 0 Å². The third-order valence-electron chi connectivity index (χ3n) is 5.95. The number of rotatable bonds is 28. The number of esters is 4. The van der Waals surface area contributed by atoms with Crippen molar-refractivity contribution in [3.05, 3.63) is 0 Å². The van der Waals surface area contributed by atoms with E-state index in [1.807, 2.05) is 0 Å². The van der Waals surface area contributed by atoms with E-state index in [-0.39, 0.29) is 19.3 Å². The molecule has 2 unspecified atom stereocenters. The second-order valence-electron chi connectivity index (χ2n) is 10.0. The first-order valence-electron chi connectivity index (χ1n) is 15.0. The maximum atomic E-state index is 12.4. The van der Waals surface area contributed by atoms with Crippen molar-refractivity contribution < 1.29 is 66.8 Å².